The Labute approximate surface area is 309 Å². The topological polar surface area (TPSA) is 30.1 Å². The molecular formula is C47H49N3S. The van der Waals surface area contributed by atoms with Gasteiger partial charge < -0.3 is 0 Å². The molecule has 0 unspecified atom stereocenters. The van der Waals surface area contributed by atoms with Crippen LogP contribution >= 0.6 is 11.7 Å². The lowest BCUT2D eigenvalue weighted by atomic mass is 9.84. The third-order valence-electron chi connectivity index (χ3n) is 9.91. The van der Waals surface area contributed by atoms with Gasteiger partial charge in [0.25, 0.3) is 0 Å². The zero-order valence-electron chi connectivity index (χ0n) is 30.6. The quantitative estimate of drug-likeness (QED) is 0.0794. The molecule has 1 aromatic heterocycles. The smallest absolute Gasteiger partial charge is 0.163 e. The Hall–Kier alpha value is -4.85. The molecule has 0 bridgehead atoms. The molecule has 0 amide bonds. The highest BCUT2D eigenvalue weighted by Gasteiger charge is 2.21. The molecule has 0 aliphatic rings. The molecule has 5 aromatic carbocycles. The Morgan fingerprint density at radius 3 is 1.59 bits per heavy atom. The summed E-state index contributed by atoms with van der Waals surface area (Å²) >= 11 is 1.27. The fraction of sp³-hybridized carbons (Fsp3) is 0.298. The maximum absolute atomic E-state index is 7.29. The zero-order valence-corrected chi connectivity index (χ0v) is 31.5. The van der Waals surface area contributed by atoms with Crippen LogP contribution in [-0.2, 0) is 12.8 Å². The summed E-state index contributed by atoms with van der Waals surface area (Å²) in [4.78, 5) is 3.54. The predicted octanol–water partition coefficient (Wildman–Crippen LogP) is 14.2. The fourth-order valence-corrected chi connectivity index (χ4v) is 7.65. The number of rotatable bonds is 15. The molecule has 0 fully saturated rings. The van der Waals surface area contributed by atoms with Gasteiger partial charge in [-0.1, -0.05) is 156 Å². The van der Waals surface area contributed by atoms with Gasteiger partial charge >= 0.3 is 0 Å². The van der Waals surface area contributed by atoms with Crippen LogP contribution in [-0.4, -0.2) is 8.75 Å². The zero-order chi connectivity index (χ0) is 35.6. The molecule has 6 aromatic rings. The number of hydrogen-bond donors (Lipinski definition) is 0. The summed E-state index contributed by atoms with van der Waals surface area (Å²) in [6, 6.07) is 36.1. The number of benzene rings is 5. The van der Waals surface area contributed by atoms with Gasteiger partial charge in [-0.15, -0.1) is 0 Å². The van der Waals surface area contributed by atoms with Crippen LogP contribution in [0, 0.1) is 13.5 Å². The van der Waals surface area contributed by atoms with Crippen molar-refractivity contribution in [3.8, 4) is 44.5 Å². The number of fused-ring (bicyclic) bond motifs is 1. The summed E-state index contributed by atoms with van der Waals surface area (Å²) < 4.78 is 9.83. The minimum atomic E-state index is 0.672. The maximum Gasteiger partial charge on any atom is 0.163 e. The molecule has 6 rings (SSSR count). The molecule has 4 heteroatoms. The minimum Gasteiger partial charge on any atom is -0.243 e. The van der Waals surface area contributed by atoms with E-state index in [9.17, 15) is 0 Å². The summed E-state index contributed by atoms with van der Waals surface area (Å²) in [7, 11) is 0. The van der Waals surface area contributed by atoms with E-state index in [4.69, 9.17) is 15.3 Å². The lowest BCUT2D eigenvalue weighted by Crippen LogP contribution is -1.95. The van der Waals surface area contributed by atoms with E-state index < -0.39 is 0 Å². The molecule has 0 saturated heterocycles. The van der Waals surface area contributed by atoms with E-state index in [1.54, 1.807) is 0 Å². The predicted molar refractivity (Wildman–Crippen MR) is 220 cm³/mol. The first-order valence-electron chi connectivity index (χ1n) is 18.7. The second-order valence-electron chi connectivity index (χ2n) is 13.9. The van der Waals surface area contributed by atoms with Crippen molar-refractivity contribution in [3.05, 3.63) is 136 Å². The molecular weight excluding hydrogens is 639 g/mol. The van der Waals surface area contributed by atoms with Crippen molar-refractivity contribution in [3.63, 3.8) is 0 Å². The van der Waals surface area contributed by atoms with Crippen molar-refractivity contribution in [2.24, 2.45) is 0 Å². The molecule has 0 aliphatic carbocycles. The summed E-state index contributed by atoms with van der Waals surface area (Å²) in [5.74, 6) is 0. The van der Waals surface area contributed by atoms with Crippen molar-refractivity contribution in [2.75, 3.05) is 0 Å². The van der Waals surface area contributed by atoms with Crippen LogP contribution < -0.4 is 0 Å². The molecule has 1 heterocycles. The molecule has 51 heavy (non-hydrogen) atoms. The lowest BCUT2D eigenvalue weighted by Gasteiger charge is -2.19. The Morgan fingerprint density at radius 1 is 0.608 bits per heavy atom. The number of aryl methyl sites for hydroxylation is 3. The average Bonchev–Trinajstić information content (AvgIpc) is 3.66. The number of hydrogen-bond acceptors (Lipinski definition) is 3. The second-order valence-corrected chi connectivity index (χ2v) is 14.4. The Morgan fingerprint density at radius 2 is 1.08 bits per heavy atom. The van der Waals surface area contributed by atoms with Gasteiger partial charge in [-0.05, 0) is 95.2 Å². The number of nitrogens with zero attached hydrogens (tertiary/aromatic N) is 3. The van der Waals surface area contributed by atoms with Crippen LogP contribution in [0.25, 0.3) is 66.5 Å². The molecule has 0 atom stereocenters. The van der Waals surface area contributed by atoms with Crippen LogP contribution in [0.4, 0.5) is 0 Å². The highest BCUT2D eigenvalue weighted by atomic mass is 32.1. The molecule has 0 spiro atoms. The summed E-state index contributed by atoms with van der Waals surface area (Å²) in [6.45, 7) is 15.9. The van der Waals surface area contributed by atoms with E-state index in [1.165, 1.54) is 108 Å². The van der Waals surface area contributed by atoms with Crippen molar-refractivity contribution in [1.29, 1.82) is 0 Å². The van der Waals surface area contributed by atoms with Gasteiger partial charge in [0.15, 0.2) is 5.70 Å². The molecule has 0 radical (unpaired) electrons. The van der Waals surface area contributed by atoms with Gasteiger partial charge in [0.05, 0.1) is 18.3 Å². The van der Waals surface area contributed by atoms with Gasteiger partial charge in [0.1, 0.15) is 11.0 Å². The van der Waals surface area contributed by atoms with Gasteiger partial charge in [-0.25, -0.2) is 4.85 Å². The first-order valence-corrected chi connectivity index (χ1v) is 19.5. The van der Waals surface area contributed by atoms with Gasteiger partial charge in [-0.3, -0.25) is 0 Å². The third-order valence-corrected chi connectivity index (χ3v) is 10.4. The molecule has 0 saturated carbocycles. The van der Waals surface area contributed by atoms with Crippen LogP contribution in [0.1, 0.15) is 94.4 Å². The van der Waals surface area contributed by atoms with E-state index in [1.807, 2.05) is 13.0 Å². The lowest BCUT2D eigenvalue weighted by molar-refractivity contribution is 0.667. The first-order chi connectivity index (χ1) is 25.0. The van der Waals surface area contributed by atoms with Crippen molar-refractivity contribution in [1.82, 2.24) is 8.75 Å². The number of aromatic nitrogens is 2. The van der Waals surface area contributed by atoms with Gasteiger partial charge in [0.2, 0.25) is 0 Å². The second kappa shape index (κ2) is 17.4. The Bertz CT molecular complexity index is 2050. The summed E-state index contributed by atoms with van der Waals surface area (Å²) in [6.07, 6.45) is 14.3. The van der Waals surface area contributed by atoms with Crippen LogP contribution in [0.5, 0.6) is 0 Å². The van der Waals surface area contributed by atoms with Crippen LogP contribution in [0.15, 0.2) is 103 Å². The van der Waals surface area contributed by atoms with Crippen molar-refractivity contribution in [2.45, 2.75) is 91.9 Å². The Balaban J connectivity index is 1.45. The van der Waals surface area contributed by atoms with E-state index in [-0.39, 0.29) is 0 Å². The summed E-state index contributed by atoms with van der Waals surface area (Å²) in [5, 5.41) is 0. The van der Waals surface area contributed by atoms with Crippen molar-refractivity contribution >= 4 is 28.8 Å². The van der Waals surface area contributed by atoms with Crippen LogP contribution in [0.2, 0.25) is 0 Å². The minimum absolute atomic E-state index is 0.672. The highest BCUT2D eigenvalue weighted by Crippen LogP contribution is 2.45. The van der Waals surface area contributed by atoms with E-state index in [0.717, 1.165) is 46.1 Å². The maximum atomic E-state index is 7.29. The monoisotopic (exact) mass is 687 g/mol. The Kier molecular flexibility index (Phi) is 12.3. The average molecular weight is 688 g/mol. The fourth-order valence-electron chi connectivity index (χ4n) is 7.08. The standard InChI is InChI=1S/C47H49N3S/c1-6-8-10-12-14-35-16-22-39(23-17-35)43-30-33(3)31-44(40-24-18-36(19-25-40)15-13-11-9-7-2)45(43)42-29-28-41(46-47(42)50-51-49-46)38-26-20-37(21-27-38)32-34(4)48-5/h16-32H,6-15H2,1-4H3/b34-32-. The number of unbranched alkanes of at least 4 members (excludes halogenated alkanes) is 6. The van der Waals surface area contributed by atoms with Gasteiger partial charge in [0, 0.05) is 11.1 Å². The van der Waals surface area contributed by atoms with E-state index in [0.29, 0.717) is 5.70 Å². The first kappa shape index (κ1) is 36.0. The van der Waals surface area contributed by atoms with Crippen LogP contribution in [0.3, 0.4) is 0 Å². The number of allylic oxidation sites excluding steroid dienone is 1. The molecule has 0 N–H and O–H groups in total. The van der Waals surface area contributed by atoms with Crippen molar-refractivity contribution < 1.29 is 0 Å². The van der Waals surface area contributed by atoms with E-state index >= 15 is 0 Å². The summed E-state index contributed by atoms with van der Waals surface area (Å²) in [5.41, 5.74) is 16.9. The largest absolute Gasteiger partial charge is 0.243 e. The molecule has 0 aliphatic heterocycles. The van der Waals surface area contributed by atoms with E-state index in [2.05, 4.69) is 123 Å². The molecule has 258 valence electrons. The normalized spacial score (nSPS) is 11.6. The third kappa shape index (κ3) is 8.73. The highest BCUT2D eigenvalue weighted by molar-refractivity contribution is 7.00. The SMILES string of the molecule is [C-]#[N+]/C(C)=C\c1ccc(-c2ccc(-c3c(-c4ccc(CCCCCC)cc4)cc(C)cc3-c3ccc(CCCCCC)cc3)c3nsnc23)cc1. The molecule has 3 nitrogen and oxygen atoms in total. The van der Waals surface area contributed by atoms with Gasteiger partial charge in [-0.2, -0.15) is 8.75 Å².